The second-order valence-corrected chi connectivity index (χ2v) is 8.57. The SMILES string of the molecule is CN1C[C@@H]2C[C@H]1CN2C(=O)c1n[nH]c2ccc(NC(=O)N(Cc3ccc(F)cc3)OC=O)cc12. The van der Waals surface area contributed by atoms with Crippen molar-refractivity contribution in [3.63, 3.8) is 0 Å². The number of nitrogens with one attached hydrogen (secondary N) is 2. The Bertz CT molecular complexity index is 1240. The Labute approximate surface area is 194 Å². The number of hydrogen-bond donors (Lipinski definition) is 2. The van der Waals surface area contributed by atoms with Crippen LogP contribution >= 0.6 is 0 Å². The number of H-pyrrole nitrogens is 1. The maximum atomic E-state index is 13.2. The zero-order valence-corrected chi connectivity index (χ0v) is 18.4. The highest BCUT2D eigenvalue weighted by atomic mass is 19.1. The Balaban J connectivity index is 1.33. The number of likely N-dealkylation sites (tertiary alicyclic amines) is 2. The number of benzene rings is 2. The van der Waals surface area contributed by atoms with Crippen LogP contribution in [0.25, 0.3) is 10.9 Å². The molecule has 3 heterocycles. The lowest BCUT2D eigenvalue weighted by Gasteiger charge is -2.31. The van der Waals surface area contributed by atoms with Crippen LogP contribution in [0, 0.1) is 5.82 Å². The van der Waals surface area contributed by atoms with Crippen molar-refractivity contribution in [1.29, 1.82) is 0 Å². The van der Waals surface area contributed by atoms with Crippen LogP contribution in [-0.2, 0) is 16.2 Å². The number of hydroxylamine groups is 2. The van der Waals surface area contributed by atoms with E-state index >= 15 is 0 Å². The smallest absolute Gasteiger partial charge is 0.340 e. The molecule has 176 valence electrons. The number of urea groups is 1. The van der Waals surface area contributed by atoms with Gasteiger partial charge >= 0.3 is 12.5 Å². The highest BCUT2D eigenvalue weighted by Gasteiger charge is 2.44. The Morgan fingerprint density at radius 1 is 1.24 bits per heavy atom. The maximum Gasteiger partial charge on any atom is 0.355 e. The van der Waals surface area contributed by atoms with Crippen molar-refractivity contribution >= 4 is 35.0 Å². The third-order valence-corrected chi connectivity index (χ3v) is 6.43. The number of likely N-dealkylation sites (N-methyl/N-ethyl adjacent to an activating group) is 1. The zero-order valence-electron chi connectivity index (χ0n) is 18.4. The van der Waals surface area contributed by atoms with E-state index in [1.165, 1.54) is 24.3 Å². The second kappa shape index (κ2) is 8.75. The maximum absolute atomic E-state index is 13.2. The number of halogens is 1. The van der Waals surface area contributed by atoms with Crippen LogP contribution in [0.15, 0.2) is 42.5 Å². The Morgan fingerprint density at radius 2 is 2.03 bits per heavy atom. The summed E-state index contributed by atoms with van der Waals surface area (Å²) in [5.74, 6) is -0.554. The van der Waals surface area contributed by atoms with Crippen LogP contribution < -0.4 is 5.32 Å². The number of piperazine rings is 1. The molecule has 3 aromatic rings. The highest BCUT2D eigenvalue weighted by Crippen LogP contribution is 2.31. The molecule has 2 aliphatic heterocycles. The first-order valence-corrected chi connectivity index (χ1v) is 10.9. The van der Waals surface area contributed by atoms with E-state index in [0.29, 0.717) is 40.4 Å². The van der Waals surface area contributed by atoms with Crippen molar-refractivity contribution in [2.45, 2.75) is 25.0 Å². The van der Waals surface area contributed by atoms with Crippen LogP contribution in [0.4, 0.5) is 14.9 Å². The van der Waals surface area contributed by atoms with E-state index in [2.05, 4.69) is 27.5 Å². The predicted octanol–water partition coefficient (Wildman–Crippen LogP) is 2.35. The molecule has 3 amide bonds. The summed E-state index contributed by atoms with van der Waals surface area (Å²) in [6.45, 7) is 1.59. The minimum atomic E-state index is -0.702. The molecule has 2 aromatic carbocycles. The molecule has 2 saturated heterocycles. The van der Waals surface area contributed by atoms with Gasteiger partial charge in [0.15, 0.2) is 5.69 Å². The Hall–Kier alpha value is -3.99. The average molecular weight is 466 g/mol. The first kappa shape index (κ1) is 21.8. The standard InChI is InChI=1S/C23H23FN6O4/c1-28-11-18-9-17(28)12-29(18)22(32)21-19-8-16(6-7-20(19)26-27-21)25-23(33)30(34-13-31)10-14-2-4-15(24)5-3-14/h2-8,13,17-18H,9-12H2,1H3,(H,25,33)(H,26,27)/t17-,18-/m0/s1. The Kier molecular flexibility index (Phi) is 5.62. The predicted molar refractivity (Wildman–Crippen MR) is 120 cm³/mol. The lowest BCUT2D eigenvalue weighted by Crippen LogP contribution is -2.47. The van der Waals surface area contributed by atoms with Gasteiger partial charge in [0.2, 0.25) is 0 Å². The third-order valence-electron chi connectivity index (χ3n) is 6.43. The summed E-state index contributed by atoms with van der Waals surface area (Å²) in [5.41, 5.74) is 1.93. The van der Waals surface area contributed by atoms with Gasteiger partial charge in [-0.05, 0) is 49.4 Å². The van der Waals surface area contributed by atoms with Crippen molar-refractivity contribution in [3.8, 4) is 0 Å². The van der Waals surface area contributed by atoms with Gasteiger partial charge in [0.25, 0.3) is 5.91 Å². The summed E-state index contributed by atoms with van der Waals surface area (Å²) in [4.78, 5) is 45.8. The normalized spacial score (nSPS) is 19.4. The molecule has 11 heteroatoms. The van der Waals surface area contributed by atoms with Crippen molar-refractivity contribution in [1.82, 2.24) is 25.1 Å². The minimum Gasteiger partial charge on any atom is -0.340 e. The molecule has 2 bridgehead atoms. The topological polar surface area (TPSA) is 111 Å². The largest absolute Gasteiger partial charge is 0.355 e. The molecule has 34 heavy (non-hydrogen) atoms. The third kappa shape index (κ3) is 4.05. The molecule has 0 aliphatic carbocycles. The molecule has 0 spiro atoms. The van der Waals surface area contributed by atoms with Gasteiger partial charge in [0, 0.05) is 36.2 Å². The number of fused-ring (bicyclic) bond motifs is 3. The second-order valence-electron chi connectivity index (χ2n) is 8.57. The van der Waals surface area contributed by atoms with Crippen LogP contribution in [0.1, 0.15) is 22.5 Å². The number of hydrogen-bond acceptors (Lipinski definition) is 6. The summed E-state index contributed by atoms with van der Waals surface area (Å²) < 4.78 is 13.2. The van der Waals surface area contributed by atoms with Crippen molar-refractivity contribution < 1.29 is 23.6 Å². The molecule has 1 aromatic heterocycles. The fraction of sp³-hybridized carbons (Fsp3) is 0.304. The number of carbonyl (C=O) groups excluding carboxylic acids is 3. The van der Waals surface area contributed by atoms with Gasteiger partial charge in [-0.25, -0.2) is 9.18 Å². The van der Waals surface area contributed by atoms with E-state index in [9.17, 15) is 18.8 Å². The fourth-order valence-corrected chi connectivity index (χ4v) is 4.66. The summed E-state index contributed by atoms with van der Waals surface area (Å²) in [5, 5.41) is 11.2. The summed E-state index contributed by atoms with van der Waals surface area (Å²) in [6, 6.07) is 10.3. The molecule has 0 saturated carbocycles. The quantitative estimate of drug-likeness (QED) is 0.426. The number of rotatable bonds is 6. The molecular formula is C23H23FN6O4. The molecule has 2 fully saturated rings. The molecule has 2 aliphatic rings. The average Bonchev–Trinajstić information content (AvgIpc) is 3.53. The molecule has 2 atom stereocenters. The molecule has 2 N–H and O–H groups in total. The van der Waals surface area contributed by atoms with E-state index in [0.717, 1.165) is 18.0 Å². The van der Waals surface area contributed by atoms with Gasteiger partial charge in [-0.15, -0.1) is 5.06 Å². The van der Waals surface area contributed by atoms with Crippen LogP contribution in [0.3, 0.4) is 0 Å². The summed E-state index contributed by atoms with van der Waals surface area (Å²) >= 11 is 0. The summed E-state index contributed by atoms with van der Waals surface area (Å²) in [7, 11) is 2.07. The number of nitrogens with zero attached hydrogens (tertiary/aromatic N) is 4. The van der Waals surface area contributed by atoms with E-state index in [4.69, 9.17) is 4.84 Å². The van der Waals surface area contributed by atoms with Gasteiger partial charge in [-0.3, -0.25) is 19.6 Å². The van der Waals surface area contributed by atoms with Crippen molar-refractivity contribution in [2.75, 3.05) is 25.5 Å². The van der Waals surface area contributed by atoms with Gasteiger partial charge in [0.05, 0.1) is 12.1 Å². The number of anilines is 1. The molecule has 0 radical (unpaired) electrons. The molecule has 0 unspecified atom stereocenters. The van der Waals surface area contributed by atoms with Gasteiger partial charge in [-0.1, -0.05) is 12.1 Å². The number of aromatic nitrogens is 2. The molecule has 5 rings (SSSR count). The van der Waals surface area contributed by atoms with Crippen LogP contribution in [-0.4, -0.2) is 75.7 Å². The van der Waals surface area contributed by atoms with Crippen molar-refractivity contribution in [3.05, 3.63) is 59.5 Å². The summed E-state index contributed by atoms with van der Waals surface area (Å²) in [6.07, 6.45) is 0.965. The first-order chi connectivity index (χ1) is 16.4. The van der Waals surface area contributed by atoms with E-state index in [-0.39, 0.29) is 25.0 Å². The fourth-order valence-electron chi connectivity index (χ4n) is 4.66. The van der Waals surface area contributed by atoms with Gasteiger partial charge < -0.3 is 15.1 Å². The van der Waals surface area contributed by atoms with Crippen molar-refractivity contribution in [2.24, 2.45) is 0 Å². The van der Waals surface area contributed by atoms with Crippen LogP contribution in [0.2, 0.25) is 0 Å². The first-order valence-electron chi connectivity index (χ1n) is 10.9. The minimum absolute atomic E-state index is 0.0749. The molecule has 10 nitrogen and oxygen atoms in total. The monoisotopic (exact) mass is 466 g/mol. The van der Waals surface area contributed by atoms with E-state index in [1.54, 1.807) is 18.2 Å². The van der Waals surface area contributed by atoms with Crippen LogP contribution in [0.5, 0.6) is 0 Å². The number of carbonyl (C=O) groups is 3. The van der Waals surface area contributed by atoms with Gasteiger partial charge in [-0.2, -0.15) is 5.10 Å². The molecular weight excluding hydrogens is 443 g/mol. The number of aromatic amines is 1. The lowest BCUT2D eigenvalue weighted by molar-refractivity contribution is -0.160. The lowest BCUT2D eigenvalue weighted by atomic mass is 10.1. The van der Waals surface area contributed by atoms with E-state index in [1.807, 2.05) is 4.90 Å². The van der Waals surface area contributed by atoms with Gasteiger partial charge in [0.1, 0.15) is 5.82 Å². The Morgan fingerprint density at radius 3 is 2.71 bits per heavy atom. The highest BCUT2D eigenvalue weighted by molar-refractivity contribution is 6.06. The number of amides is 3. The zero-order chi connectivity index (χ0) is 23.8. The van der Waals surface area contributed by atoms with E-state index < -0.39 is 11.8 Å².